The molecule has 0 aromatic carbocycles. The van der Waals surface area contributed by atoms with E-state index in [1.54, 1.807) is 0 Å². The lowest BCUT2D eigenvalue weighted by Gasteiger charge is -2.07. The van der Waals surface area contributed by atoms with Crippen LogP contribution in [0.5, 0.6) is 0 Å². The first-order valence-electron chi connectivity index (χ1n) is 6.89. The van der Waals surface area contributed by atoms with Crippen LogP contribution in [-0.2, 0) is 11.2 Å². The zero-order valence-corrected chi connectivity index (χ0v) is 15.0. The van der Waals surface area contributed by atoms with E-state index in [1.807, 2.05) is 0 Å². The zero-order chi connectivity index (χ0) is 21.6. The number of aromatic amines is 1. The number of nitrogens with one attached hydrogen (secondary N) is 1. The Hall–Kier alpha value is -2.68. The second kappa shape index (κ2) is 9.50. The molecule has 28 heavy (non-hydrogen) atoms. The minimum Gasteiger partial charge on any atom is -0.475 e. The Balaban J connectivity index is 0.000000480. The van der Waals surface area contributed by atoms with Gasteiger partial charge in [-0.05, 0) is 22.0 Å². The minimum absolute atomic E-state index is 0.109. The van der Waals surface area contributed by atoms with Gasteiger partial charge in [-0.15, -0.1) is 0 Å². The Morgan fingerprint density at radius 1 is 1.36 bits per heavy atom. The number of pyridine rings is 1. The second-order valence-electron chi connectivity index (χ2n) is 4.79. The first kappa shape index (κ1) is 23.4. The maximum Gasteiger partial charge on any atom is 0.490 e. The maximum absolute atomic E-state index is 13.9. The number of nitrogens with zero attached hydrogens (tertiary/aromatic N) is 3. The smallest absolute Gasteiger partial charge is 0.475 e. The van der Waals surface area contributed by atoms with Crippen molar-refractivity contribution in [2.45, 2.75) is 12.6 Å². The van der Waals surface area contributed by atoms with Crippen LogP contribution in [0.4, 0.5) is 26.3 Å². The Labute approximate surface area is 159 Å². The van der Waals surface area contributed by atoms with Gasteiger partial charge in [0.1, 0.15) is 5.82 Å². The predicted octanol–water partition coefficient (Wildman–Crippen LogP) is 2.14. The van der Waals surface area contributed by atoms with Gasteiger partial charge in [-0.25, -0.2) is 28.6 Å². The van der Waals surface area contributed by atoms with Gasteiger partial charge in [0.05, 0.1) is 0 Å². The topological polar surface area (TPSA) is 127 Å². The first-order chi connectivity index (χ1) is 12.9. The molecule has 4 N–H and O–H groups in total. The van der Waals surface area contributed by atoms with E-state index in [-0.39, 0.29) is 11.6 Å². The number of rotatable bonds is 4. The first-order valence-corrected chi connectivity index (χ1v) is 7.68. The molecule has 0 amide bonds. The van der Waals surface area contributed by atoms with Crippen LogP contribution in [0.25, 0.3) is 5.82 Å². The number of carboxylic acids is 1. The van der Waals surface area contributed by atoms with Crippen LogP contribution in [0.3, 0.4) is 0 Å². The van der Waals surface area contributed by atoms with Crippen molar-refractivity contribution in [3.63, 3.8) is 0 Å². The van der Waals surface area contributed by atoms with Gasteiger partial charge in [0.25, 0.3) is 6.08 Å². The van der Waals surface area contributed by atoms with E-state index in [2.05, 4.69) is 31.1 Å². The molecule has 0 aliphatic rings. The molecule has 0 saturated heterocycles. The number of hydrogen-bond acceptors (Lipinski definition) is 5. The number of carboxylic acid groups (broad SMARTS) is 1. The van der Waals surface area contributed by atoms with Crippen LogP contribution in [0.1, 0.15) is 5.82 Å². The van der Waals surface area contributed by atoms with Crippen molar-refractivity contribution in [3.8, 4) is 5.82 Å². The summed E-state index contributed by atoms with van der Waals surface area (Å²) < 4.78 is 72.0. The summed E-state index contributed by atoms with van der Waals surface area (Å²) in [6, 6.07) is 1.10. The number of hydrogen-bond donors (Lipinski definition) is 3. The summed E-state index contributed by atoms with van der Waals surface area (Å²) in [6.45, 7) is -0.403. The summed E-state index contributed by atoms with van der Waals surface area (Å²) in [5, 5.41) is 12.8. The maximum atomic E-state index is 13.9. The highest BCUT2D eigenvalue weighted by Crippen LogP contribution is 2.17. The van der Waals surface area contributed by atoms with Crippen LogP contribution < -0.4 is 11.4 Å². The number of alkyl halides is 3. The largest absolute Gasteiger partial charge is 0.490 e. The normalized spacial score (nSPS) is 10.9. The van der Waals surface area contributed by atoms with Gasteiger partial charge in [0, 0.05) is 29.2 Å². The zero-order valence-electron chi connectivity index (χ0n) is 13.4. The van der Waals surface area contributed by atoms with Crippen molar-refractivity contribution in [1.29, 1.82) is 0 Å². The number of carbonyl (C=O) groups is 1. The van der Waals surface area contributed by atoms with Gasteiger partial charge < -0.3 is 10.8 Å². The molecule has 0 aliphatic carbocycles. The van der Waals surface area contributed by atoms with Crippen molar-refractivity contribution in [1.82, 2.24) is 19.7 Å². The summed E-state index contributed by atoms with van der Waals surface area (Å²) in [5.41, 5.74) is 4.03. The third kappa shape index (κ3) is 6.19. The molecule has 2 rings (SSSR count). The molecule has 0 fully saturated rings. The van der Waals surface area contributed by atoms with E-state index >= 15 is 0 Å². The fourth-order valence-electron chi connectivity index (χ4n) is 1.65. The van der Waals surface area contributed by atoms with Gasteiger partial charge >= 0.3 is 17.8 Å². The Kier molecular flexibility index (Phi) is 7.92. The highest BCUT2D eigenvalue weighted by molar-refractivity contribution is 9.10. The van der Waals surface area contributed by atoms with Crippen molar-refractivity contribution in [2.75, 3.05) is 6.54 Å². The van der Waals surface area contributed by atoms with Gasteiger partial charge in [-0.3, -0.25) is 0 Å². The monoisotopic (exact) mass is 477 g/mol. The molecule has 8 nitrogen and oxygen atoms in total. The van der Waals surface area contributed by atoms with Crippen LogP contribution in [0.2, 0.25) is 0 Å². The standard InChI is InChI=1S/C11H9BrF3N5O.C2HF3O2/c12-6-2-7(13)10(17-4-6)20-8(18-19-11(20)21)1-5(3-16)9(14)15;3-2(4,5)1(6)7/h2,4H,1,3,16H2,(H,19,21);(H,6,7). The molecule has 2 aromatic heterocycles. The number of nitrogens with two attached hydrogens (primary N) is 1. The van der Waals surface area contributed by atoms with Crippen molar-refractivity contribution in [3.05, 3.63) is 50.5 Å². The molecule has 0 saturated carbocycles. The Morgan fingerprint density at radius 3 is 2.36 bits per heavy atom. The molecule has 0 atom stereocenters. The van der Waals surface area contributed by atoms with Gasteiger partial charge in [-0.2, -0.15) is 27.1 Å². The molecular formula is C13H10BrF6N5O3. The molecule has 154 valence electrons. The summed E-state index contributed by atoms with van der Waals surface area (Å²) in [5.74, 6) is -4.00. The molecule has 2 heterocycles. The van der Waals surface area contributed by atoms with E-state index in [9.17, 15) is 31.1 Å². The van der Waals surface area contributed by atoms with Gasteiger partial charge in [0.15, 0.2) is 11.6 Å². The molecule has 15 heteroatoms. The van der Waals surface area contributed by atoms with Crippen LogP contribution in [0.15, 0.2) is 33.2 Å². The molecule has 2 aromatic rings. The number of halogens is 7. The number of H-pyrrole nitrogens is 1. The lowest BCUT2D eigenvalue weighted by atomic mass is 10.2. The predicted molar refractivity (Wildman–Crippen MR) is 85.3 cm³/mol. The third-order valence-corrected chi connectivity index (χ3v) is 3.30. The SMILES string of the molecule is NCC(Cc1n[nH]c(=O)n1-c1ncc(Br)cc1F)=C(F)F.O=C(O)C(F)(F)F. The molecular weight excluding hydrogens is 468 g/mol. The van der Waals surface area contributed by atoms with E-state index in [0.29, 0.717) is 4.47 Å². The minimum atomic E-state index is -5.08. The average molecular weight is 478 g/mol. The Bertz CT molecular complexity index is 935. The quantitative estimate of drug-likeness (QED) is 0.579. The Morgan fingerprint density at radius 2 is 1.93 bits per heavy atom. The van der Waals surface area contributed by atoms with Gasteiger partial charge in [-0.1, -0.05) is 0 Å². The molecule has 0 bridgehead atoms. The van der Waals surface area contributed by atoms with E-state index < -0.39 is 48.3 Å². The van der Waals surface area contributed by atoms with Crippen LogP contribution in [-0.4, -0.2) is 43.5 Å². The lowest BCUT2D eigenvalue weighted by Crippen LogP contribution is -2.21. The molecule has 0 radical (unpaired) electrons. The number of aromatic nitrogens is 4. The lowest BCUT2D eigenvalue weighted by molar-refractivity contribution is -0.192. The molecule has 0 aliphatic heterocycles. The summed E-state index contributed by atoms with van der Waals surface area (Å²) >= 11 is 3.03. The molecule has 0 unspecified atom stereocenters. The third-order valence-electron chi connectivity index (χ3n) is 2.87. The average Bonchev–Trinajstić information content (AvgIpc) is 2.92. The van der Waals surface area contributed by atoms with Crippen molar-refractivity contribution in [2.24, 2.45) is 5.73 Å². The van der Waals surface area contributed by atoms with Crippen molar-refractivity contribution < 1.29 is 36.2 Å². The van der Waals surface area contributed by atoms with Crippen molar-refractivity contribution >= 4 is 21.9 Å². The summed E-state index contributed by atoms with van der Waals surface area (Å²) in [7, 11) is 0. The molecule has 0 spiro atoms. The highest BCUT2D eigenvalue weighted by Gasteiger charge is 2.38. The van der Waals surface area contributed by atoms with E-state index in [4.69, 9.17) is 15.6 Å². The fourth-order valence-corrected chi connectivity index (χ4v) is 1.95. The van der Waals surface area contributed by atoms with Crippen LogP contribution >= 0.6 is 15.9 Å². The summed E-state index contributed by atoms with van der Waals surface area (Å²) in [4.78, 5) is 24.4. The summed E-state index contributed by atoms with van der Waals surface area (Å²) in [6.07, 6.45) is -6.16. The number of aliphatic carboxylic acids is 1. The fraction of sp³-hybridized carbons (Fsp3) is 0.231. The highest BCUT2D eigenvalue weighted by atomic mass is 79.9. The van der Waals surface area contributed by atoms with Gasteiger partial charge in [0.2, 0.25) is 0 Å². The second-order valence-corrected chi connectivity index (χ2v) is 5.70. The van der Waals surface area contributed by atoms with E-state index in [1.165, 1.54) is 6.20 Å². The van der Waals surface area contributed by atoms with Crippen LogP contribution in [0, 0.1) is 5.82 Å². The van der Waals surface area contributed by atoms with E-state index in [0.717, 1.165) is 10.6 Å².